The van der Waals surface area contributed by atoms with Crippen molar-refractivity contribution in [2.75, 3.05) is 18.0 Å². The minimum Gasteiger partial charge on any atom is -0.371 e. The molecule has 0 N–H and O–H groups in total. The van der Waals surface area contributed by atoms with Crippen molar-refractivity contribution in [1.29, 1.82) is 0 Å². The van der Waals surface area contributed by atoms with Crippen molar-refractivity contribution in [1.82, 2.24) is 0 Å². The lowest BCUT2D eigenvalue weighted by Crippen LogP contribution is -2.37. The van der Waals surface area contributed by atoms with Crippen LogP contribution in [0.25, 0.3) is 0 Å². The Hall–Kier alpha value is -2.58. The Morgan fingerprint density at radius 2 is 1.19 bits per heavy atom. The van der Waals surface area contributed by atoms with Gasteiger partial charge in [-0.25, -0.2) is 0 Å². The second-order valence-electron chi connectivity index (χ2n) is 9.45. The molecule has 166 valence electrons. The topological polar surface area (TPSA) is 12.5 Å². The summed E-state index contributed by atoms with van der Waals surface area (Å²) in [5.74, 6) is 0.782. The van der Waals surface area contributed by atoms with Crippen LogP contribution in [0.3, 0.4) is 0 Å². The van der Waals surface area contributed by atoms with Gasteiger partial charge in [0.25, 0.3) is 0 Å². The molecule has 1 aliphatic heterocycles. The number of nitrogens with zero attached hydrogens (tertiary/aromatic N) is 1. The van der Waals surface area contributed by atoms with E-state index in [0.717, 1.165) is 31.8 Å². The second kappa shape index (κ2) is 10.4. The Labute approximate surface area is 193 Å². The molecule has 1 heterocycles. The molecule has 2 aliphatic rings. The SMILES string of the molecule is c1ccc(C(OC2CCN(c3ccc(C4CCCCC4)cc3)CC2)c2ccccc2)cc1. The van der Waals surface area contributed by atoms with Crippen molar-refractivity contribution in [2.24, 2.45) is 0 Å². The van der Waals surface area contributed by atoms with Crippen molar-refractivity contribution in [3.05, 3.63) is 102 Å². The molecular weight excluding hydrogens is 390 g/mol. The van der Waals surface area contributed by atoms with Crippen LogP contribution in [-0.4, -0.2) is 19.2 Å². The molecule has 0 atom stereocenters. The van der Waals surface area contributed by atoms with E-state index < -0.39 is 0 Å². The average molecular weight is 426 g/mol. The van der Waals surface area contributed by atoms with Gasteiger partial charge in [-0.2, -0.15) is 0 Å². The molecule has 0 unspecified atom stereocenters. The molecule has 2 heteroatoms. The monoisotopic (exact) mass is 425 g/mol. The van der Waals surface area contributed by atoms with Crippen LogP contribution in [0, 0.1) is 0 Å². The molecular formula is C30H35NO. The van der Waals surface area contributed by atoms with E-state index in [0.29, 0.717) is 0 Å². The highest BCUT2D eigenvalue weighted by molar-refractivity contribution is 5.48. The zero-order chi connectivity index (χ0) is 21.6. The quantitative estimate of drug-likeness (QED) is 0.405. The molecule has 0 aromatic heterocycles. The predicted octanol–water partition coefficient (Wildman–Crippen LogP) is 7.51. The normalized spacial score (nSPS) is 18.2. The molecule has 32 heavy (non-hydrogen) atoms. The summed E-state index contributed by atoms with van der Waals surface area (Å²) in [6.07, 6.45) is 9.38. The molecule has 1 aliphatic carbocycles. The van der Waals surface area contributed by atoms with E-state index in [1.54, 1.807) is 5.56 Å². The summed E-state index contributed by atoms with van der Waals surface area (Å²) >= 11 is 0. The highest BCUT2D eigenvalue weighted by Crippen LogP contribution is 2.34. The first-order valence-corrected chi connectivity index (χ1v) is 12.5. The Morgan fingerprint density at radius 3 is 1.75 bits per heavy atom. The van der Waals surface area contributed by atoms with Gasteiger partial charge in [0.15, 0.2) is 0 Å². The summed E-state index contributed by atoms with van der Waals surface area (Å²) < 4.78 is 6.72. The van der Waals surface area contributed by atoms with Gasteiger partial charge < -0.3 is 9.64 Å². The molecule has 0 radical (unpaired) electrons. The van der Waals surface area contributed by atoms with Crippen molar-refractivity contribution < 1.29 is 4.74 Å². The molecule has 2 nitrogen and oxygen atoms in total. The summed E-state index contributed by atoms with van der Waals surface area (Å²) in [5, 5.41) is 0. The lowest BCUT2D eigenvalue weighted by Gasteiger charge is -2.35. The van der Waals surface area contributed by atoms with Crippen LogP contribution in [-0.2, 0) is 4.74 Å². The standard InChI is InChI=1S/C30H35NO/c1-4-10-24(11-5-1)25-16-18-28(19-17-25)31-22-20-29(21-23-31)32-30(26-12-6-2-7-13-26)27-14-8-3-9-15-27/h2-3,6-9,12-19,24,29-30H,1,4-5,10-11,20-23H2. The maximum atomic E-state index is 6.72. The van der Waals surface area contributed by atoms with Gasteiger partial charge in [-0.1, -0.05) is 92.1 Å². The number of rotatable bonds is 6. The van der Waals surface area contributed by atoms with Gasteiger partial charge >= 0.3 is 0 Å². The van der Waals surface area contributed by atoms with E-state index >= 15 is 0 Å². The number of ether oxygens (including phenoxy) is 1. The number of hydrogen-bond acceptors (Lipinski definition) is 2. The first-order valence-electron chi connectivity index (χ1n) is 12.5. The minimum absolute atomic E-state index is 0.00345. The Bertz CT molecular complexity index is 900. The highest BCUT2D eigenvalue weighted by Gasteiger charge is 2.25. The van der Waals surface area contributed by atoms with Gasteiger partial charge in [0.05, 0.1) is 6.10 Å². The summed E-state index contributed by atoms with van der Waals surface area (Å²) in [5.41, 5.74) is 5.38. The Kier molecular flexibility index (Phi) is 6.89. The van der Waals surface area contributed by atoms with Crippen molar-refractivity contribution in [3.63, 3.8) is 0 Å². The first-order chi connectivity index (χ1) is 15.9. The zero-order valence-electron chi connectivity index (χ0n) is 19.0. The van der Waals surface area contributed by atoms with Crippen LogP contribution in [0.5, 0.6) is 0 Å². The fourth-order valence-electron chi connectivity index (χ4n) is 5.44. The van der Waals surface area contributed by atoms with Crippen molar-refractivity contribution in [2.45, 2.75) is 63.1 Å². The summed E-state index contributed by atoms with van der Waals surface area (Å²) in [7, 11) is 0. The molecule has 0 spiro atoms. The number of benzene rings is 3. The molecule has 0 bridgehead atoms. The maximum absolute atomic E-state index is 6.72. The summed E-state index contributed by atoms with van der Waals surface area (Å²) in [4.78, 5) is 2.53. The van der Waals surface area contributed by atoms with Gasteiger partial charge in [0, 0.05) is 18.8 Å². The van der Waals surface area contributed by atoms with Gasteiger partial charge in [-0.05, 0) is 60.4 Å². The lowest BCUT2D eigenvalue weighted by atomic mass is 9.84. The Morgan fingerprint density at radius 1 is 0.625 bits per heavy atom. The molecule has 3 aromatic carbocycles. The average Bonchev–Trinajstić information content (AvgIpc) is 2.89. The van der Waals surface area contributed by atoms with Crippen molar-refractivity contribution >= 4 is 5.69 Å². The molecule has 1 saturated heterocycles. The van der Waals surface area contributed by atoms with Gasteiger partial charge in [0.1, 0.15) is 6.10 Å². The van der Waals surface area contributed by atoms with E-state index in [-0.39, 0.29) is 12.2 Å². The Balaban J connectivity index is 1.21. The fourth-order valence-corrected chi connectivity index (χ4v) is 5.44. The van der Waals surface area contributed by atoms with E-state index in [9.17, 15) is 0 Å². The smallest absolute Gasteiger partial charge is 0.108 e. The molecule has 0 amide bonds. The third-order valence-electron chi connectivity index (χ3n) is 7.31. The van der Waals surface area contributed by atoms with Gasteiger partial charge in [0.2, 0.25) is 0 Å². The maximum Gasteiger partial charge on any atom is 0.108 e. The van der Waals surface area contributed by atoms with Crippen LogP contribution >= 0.6 is 0 Å². The molecule has 5 rings (SSSR count). The van der Waals surface area contributed by atoms with Crippen LogP contribution in [0.1, 0.15) is 73.7 Å². The van der Waals surface area contributed by atoms with Crippen LogP contribution in [0.15, 0.2) is 84.9 Å². The zero-order valence-corrected chi connectivity index (χ0v) is 19.0. The van der Waals surface area contributed by atoms with E-state index in [1.165, 1.54) is 48.9 Å². The second-order valence-corrected chi connectivity index (χ2v) is 9.45. The first kappa shape index (κ1) is 21.3. The van der Waals surface area contributed by atoms with E-state index in [2.05, 4.69) is 89.8 Å². The molecule has 3 aromatic rings. The number of anilines is 1. The van der Waals surface area contributed by atoms with Crippen molar-refractivity contribution in [3.8, 4) is 0 Å². The van der Waals surface area contributed by atoms with E-state index in [4.69, 9.17) is 4.74 Å². The highest BCUT2D eigenvalue weighted by atomic mass is 16.5. The number of hydrogen-bond donors (Lipinski definition) is 0. The third-order valence-corrected chi connectivity index (χ3v) is 7.31. The lowest BCUT2D eigenvalue weighted by molar-refractivity contribution is -0.00480. The van der Waals surface area contributed by atoms with Crippen LogP contribution < -0.4 is 4.90 Å². The minimum atomic E-state index is 0.00345. The molecule has 2 fully saturated rings. The largest absolute Gasteiger partial charge is 0.371 e. The third kappa shape index (κ3) is 5.07. The fraction of sp³-hybridized carbons (Fsp3) is 0.400. The summed E-state index contributed by atoms with van der Waals surface area (Å²) in [6.45, 7) is 2.12. The number of piperidine rings is 1. The van der Waals surface area contributed by atoms with Gasteiger partial charge in [-0.3, -0.25) is 0 Å². The predicted molar refractivity (Wildman–Crippen MR) is 133 cm³/mol. The van der Waals surface area contributed by atoms with Gasteiger partial charge in [-0.15, -0.1) is 0 Å². The van der Waals surface area contributed by atoms with Crippen LogP contribution in [0.4, 0.5) is 5.69 Å². The van der Waals surface area contributed by atoms with Crippen LogP contribution in [0.2, 0.25) is 0 Å². The van der Waals surface area contributed by atoms with E-state index in [1.807, 2.05) is 0 Å². The molecule has 1 saturated carbocycles. The summed E-state index contributed by atoms with van der Waals surface area (Å²) in [6, 6.07) is 30.8.